The molecule has 2 rings (SSSR count). The first-order chi connectivity index (χ1) is 7.75. The minimum Gasteiger partial charge on any atom is -0.446 e. The Labute approximate surface area is 94.4 Å². The van der Waals surface area contributed by atoms with Crippen LogP contribution < -0.4 is 0 Å². The summed E-state index contributed by atoms with van der Waals surface area (Å²) in [6, 6.07) is 9.58. The summed E-state index contributed by atoms with van der Waals surface area (Å²) in [7, 11) is 0. The van der Waals surface area contributed by atoms with Crippen molar-refractivity contribution in [1.82, 2.24) is 0 Å². The lowest BCUT2D eigenvalue weighted by atomic mass is 10.2. The second-order valence-corrected chi connectivity index (χ2v) is 3.54. The predicted molar refractivity (Wildman–Crippen MR) is 58.6 cm³/mol. The topological polar surface area (TPSA) is 38.8 Å². The summed E-state index contributed by atoms with van der Waals surface area (Å²) in [5.41, 5.74) is 0.903. The van der Waals surface area contributed by atoms with E-state index >= 15 is 0 Å². The number of esters is 1. The van der Waals surface area contributed by atoms with Crippen LogP contribution in [0.3, 0.4) is 0 Å². The van der Waals surface area contributed by atoms with E-state index in [-0.39, 0.29) is 12.1 Å². The Morgan fingerprint density at radius 3 is 2.75 bits per heavy atom. The molecule has 2 unspecified atom stereocenters. The van der Waals surface area contributed by atoms with Gasteiger partial charge in [-0.1, -0.05) is 30.0 Å². The molecule has 0 radical (unpaired) electrons. The second kappa shape index (κ2) is 4.82. The molecular weight excluding hydrogens is 204 g/mol. The molecule has 0 aliphatic carbocycles. The van der Waals surface area contributed by atoms with Crippen molar-refractivity contribution >= 4 is 5.97 Å². The van der Waals surface area contributed by atoms with Gasteiger partial charge < -0.3 is 9.47 Å². The number of carbonyl (C=O) groups is 1. The first kappa shape index (κ1) is 10.7. The summed E-state index contributed by atoms with van der Waals surface area (Å²) in [5.74, 6) is 5.54. The monoisotopic (exact) mass is 216 g/mol. The maximum atomic E-state index is 10.9. The van der Waals surface area contributed by atoms with Gasteiger partial charge in [0, 0.05) is 12.5 Å². The molecule has 16 heavy (non-hydrogen) atoms. The Bertz CT molecular complexity index is 423. The number of carbonyl (C=O) groups excluding carboxylic acids is 1. The third-order valence-electron chi connectivity index (χ3n) is 2.12. The number of epoxide rings is 1. The Morgan fingerprint density at radius 1 is 1.50 bits per heavy atom. The van der Waals surface area contributed by atoms with Crippen LogP contribution >= 0.6 is 0 Å². The summed E-state index contributed by atoms with van der Waals surface area (Å²) in [6.45, 7) is 1.99. The molecule has 3 heteroatoms. The molecule has 1 heterocycles. The summed E-state index contributed by atoms with van der Waals surface area (Å²) < 4.78 is 10.1. The number of benzene rings is 1. The first-order valence-corrected chi connectivity index (χ1v) is 5.11. The highest BCUT2D eigenvalue weighted by molar-refractivity contribution is 5.66. The lowest BCUT2D eigenvalue weighted by molar-refractivity contribution is -0.144. The first-order valence-electron chi connectivity index (χ1n) is 5.11. The van der Waals surface area contributed by atoms with Crippen molar-refractivity contribution < 1.29 is 14.3 Å². The van der Waals surface area contributed by atoms with Crippen molar-refractivity contribution in [3.63, 3.8) is 0 Å². The van der Waals surface area contributed by atoms with E-state index in [1.54, 1.807) is 0 Å². The van der Waals surface area contributed by atoms with Crippen molar-refractivity contribution in [3.8, 4) is 11.8 Å². The molecule has 0 spiro atoms. The molecule has 1 aromatic carbocycles. The molecule has 3 nitrogen and oxygen atoms in total. The molecule has 82 valence electrons. The van der Waals surface area contributed by atoms with Crippen LogP contribution in [0.1, 0.15) is 12.5 Å². The summed E-state index contributed by atoms with van der Waals surface area (Å²) in [4.78, 5) is 10.9. The molecule has 1 saturated heterocycles. The minimum atomic E-state index is -0.447. The van der Waals surface area contributed by atoms with Gasteiger partial charge in [-0.25, -0.2) is 0 Å². The normalized spacial score (nSPS) is 19.2. The molecule has 0 N–H and O–H groups in total. The van der Waals surface area contributed by atoms with Crippen molar-refractivity contribution in [1.29, 1.82) is 0 Å². The highest BCUT2D eigenvalue weighted by atomic mass is 16.6. The van der Waals surface area contributed by atoms with E-state index in [0.717, 1.165) is 5.56 Å². The molecule has 0 saturated carbocycles. The Kier molecular flexibility index (Phi) is 3.23. The van der Waals surface area contributed by atoms with E-state index in [0.29, 0.717) is 6.61 Å². The average molecular weight is 216 g/mol. The van der Waals surface area contributed by atoms with Gasteiger partial charge in [-0.3, -0.25) is 4.79 Å². The van der Waals surface area contributed by atoms with E-state index in [1.165, 1.54) is 6.92 Å². The van der Waals surface area contributed by atoms with Crippen LogP contribution in [0, 0.1) is 11.8 Å². The maximum absolute atomic E-state index is 10.9. The standard InChI is InChI=1S/C13H12O3/c1-10(14)16-12(13-9-15-13)8-7-11-5-3-2-4-6-11/h2-6,12-13H,9H2,1H3. The molecule has 1 fully saturated rings. The maximum Gasteiger partial charge on any atom is 0.303 e. The van der Waals surface area contributed by atoms with Gasteiger partial charge >= 0.3 is 5.97 Å². The molecule has 1 aliphatic heterocycles. The third-order valence-corrected chi connectivity index (χ3v) is 2.12. The van der Waals surface area contributed by atoms with E-state index < -0.39 is 6.10 Å². The molecule has 2 atom stereocenters. The minimum absolute atomic E-state index is 0.0555. The zero-order valence-corrected chi connectivity index (χ0v) is 8.97. The number of ether oxygens (including phenoxy) is 2. The van der Waals surface area contributed by atoms with Gasteiger partial charge in [-0.05, 0) is 12.1 Å². The fraction of sp³-hybridized carbons (Fsp3) is 0.308. The lowest BCUT2D eigenvalue weighted by Gasteiger charge is -2.06. The van der Waals surface area contributed by atoms with Gasteiger partial charge in [0.2, 0.25) is 0 Å². The number of hydrogen-bond acceptors (Lipinski definition) is 3. The van der Waals surface area contributed by atoms with Gasteiger partial charge in [-0.15, -0.1) is 0 Å². The van der Waals surface area contributed by atoms with Gasteiger partial charge in [0.25, 0.3) is 0 Å². The van der Waals surface area contributed by atoms with Crippen molar-refractivity contribution in [2.24, 2.45) is 0 Å². The van der Waals surface area contributed by atoms with Gasteiger partial charge in [0.05, 0.1) is 6.61 Å². The zero-order valence-electron chi connectivity index (χ0n) is 8.97. The van der Waals surface area contributed by atoms with Crippen LogP contribution in [0.2, 0.25) is 0 Å². The lowest BCUT2D eigenvalue weighted by Crippen LogP contribution is -2.20. The van der Waals surface area contributed by atoms with Crippen LogP contribution in [0.15, 0.2) is 30.3 Å². The quantitative estimate of drug-likeness (QED) is 0.426. The van der Waals surface area contributed by atoms with Crippen molar-refractivity contribution in [2.45, 2.75) is 19.1 Å². The fourth-order valence-corrected chi connectivity index (χ4v) is 1.28. The van der Waals surface area contributed by atoms with Gasteiger partial charge in [0.15, 0.2) is 6.10 Å². The molecule has 1 aromatic rings. The van der Waals surface area contributed by atoms with E-state index in [1.807, 2.05) is 30.3 Å². The zero-order chi connectivity index (χ0) is 11.4. The summed E-state index contributed by atoms with van der Waals surface area (Å²) in [5, 5.41) is 0. The van der Waals surface area contributed by atoms with Gasteiger partial charge in [-0.2, -0.15) is 0 Å². The summed E-state index contributed by atoms with van der Waals surface area (Å²) >= 11 is 0. The van der Waals surface area contributed by atoms with E-state index in [9.17, 15) is 4.79 Å². The summed E-state index contributed by atoms with van der Waals surface area (Å²) in [6.07, 6.45) is -0.502. The van der Waals surface area contributed by atoms with Crippen LogP contribution in [-0.4, -0.2) is 24.8 Å². The third kappa shape index (κ3) is 3.11. The largest absolute Gasteiger partial charge is 0.446 e. The second-order valence-electron chi connectivity index (χ2n) is 3.54. The molecule has 0 aromatic heterocycles. The van der Waals surface area contributed by atoms with E-state index in [2.05, 4.69) is 11.8 Å². The number of rotatable bonds is 2. The smallest absolute Gasteiger partial charge is 0.303 e. The SMILES string of the molecule is CC(=O)OC(C#Cc1ccccc1)C1CO1. The highest BCUT2D eigenvalue weighted by Gasteiger charge is 2.34. The molecule has 0 amide bonds. The van der Waals surface area contributed by atoms with Crippen LogP contribution in [0.5, 0.6) is 0 Å². The van der Waals surface area contributed by atoms with Crippen LogP contribution in [0.4, 0.5) is 0 Å². The van der Waals surface area contributed by atoms with Gasteiger partial charge in [0.1, 0.15) is 6.10 Å². The number of hydrogen-bond donors (Lipinski definition) is 0. The average Bonchev–Trinajstić information content (AvgIpc) is 3.09. The Morgan fingerprint density at radius 2 is 2.19 bits per heavy atom. The fourth-order valence-electron chi connectivity index (χ4n) is 1.28. The molecule has 0 bridgehead atoms. The Hall–Kier alpha value is -1.79. The van der Waals surface area contributed by atoms with Crippen LogP contribution in [0.25, 0.3) is 0 Å². The van der Waals surface area contributed by atoms with Crippen LogP contribution in [-0.2, 0) is 14.3 Å². The molecule has 1 aliphatic rings. The molecular formula is C13H12O3. The Balaban J connectivity index is 2.05. The van der Waals surface area contributed by atoms with E-state index in [4.69, 9.17) is 9.47 Å². The highest BCUT2D eigenvalue weighted by Crippen LogP contribution is 2.16. The van der Waals surface area contributed by atoms with Crippen molar-refractivity contribution in [2.75, 3.05) is 6.61 Å². The predicted octanol–water partition coefficient (Wildman–Crippen LogP) is 1.37. The van der Waals surface area contributed by atoms with Crippen molar-refractivity contribution in [3.05, 3.63) is 35.9 Å².